The number of anilines is 2. The molecule has 33 heavy (non-hydrogen) atoms. The molecule has 0 unspecified atom stereocenters. The van der Waals surface area contributed by atoms with Crippen LogP contribution in [0.2, 0.25) is 0 Å². The first-order valence-electron chi connectivity index (χ1n) is 10.7. The van der Waals surface area contributed by atoms with Crippen LogP contribution in [0.25, 0.3) is 0 Å². The van der Waals surface area contributed by atoms with Crippen LogP contribution in [0.1, 0.15) is 39.2 Å². The van der Waals surface area contributed by atoms with Gasteiger partial charge in [0.1, 0.15) is 0 Å². The Bertz CT molecular complexity index is 1160. The van der Waals surface area contributed by atoms with Gasteiger partial charge in [0.15, 0.2) is 0 Å². The van der Waals surface area contributed by atoms with Crippen LogP contribution in [0, 0.1) is 5.41 Å². The molecule has 2 rings (SSSR count). The summed E-state index contributed by atoms with van der Waals surface area (Å²) in [6, 6.07) is 12.8. The number of carbonyl (C=O) groups is 1. The molecule has 2 aromatic rings. The van der Waals surface area contributed by atoms with E-state index in [1.807, 2.05) is 20.8 Å². The van der Waals surface area contributed by atoms with E-state index >= 15 is 0 Å². The molecule has 0 spiro atoms. The molecule has 182 valence electrons. The fourth-order valence-electron chi connectivity index (χ4n) is 2.77. The molecule has 1 amide bonds. The van der Waals surface area contributed by atoms with Crippen molar-refractivity contribution in [2.75, 3.05) is 29.9 Å². The fraction of sp³-hybridized carbons (Fsp3) is 0.435. The highest BCUT2D eigenvalue weighted by atomic mass is 32.2. The van der Waals surface area contributed by atoms with Gasteiger partial charge in [-0.05, 0) is 61.2 Å². The molecule has 0 radical (unpaired) electrons. The van der Waals surface area contributed by atoms with Crippen molar-refractivity contribution in [3.63, 3.8) is 0 Å². The standard InChI is InChI=1S/C23H33N3O5S2/c1-6-23(2,3)22(27)24-19-11-13-20(14-12-19)25-33(30,31)21-15-9-18(10-16-21)8-7-17-32(28,29)26(4)5/h9-16,25H,6-8,17H2,1-5H3,(H,24,27). The number of hydrogen-bond donors (Lipinski definition) is 2. The highest BCUT2D eigenvalue weighted by Gasteiger charge is 2.25. The van der Waals surface area contributed by atoms with Gasteiger partial charge in [-0.1, -0.05) is 32.9 Å². The monoisotopic (exact) mass is 495 g/mol. The summed E-state index contributed by atoms with van der Waals surface area (Å²) >= 11 is 0. The lowest BCUT2D eigenvalue weighted by Crippen LogP contribution is -2.29. The molecule has 0 aromatic heterocycles. The molecule has 0 atom stereocenters. The third-order valence-corrected chi connectivity index (χ3v) is 8.87. The number of amides is 1. The van der Waals surface area contributed by atoms with Crippen molar-refractivity contribution < 1.29 is 21.6 Å². The van der Waals surface area contributed by atoms with Gasteiger partial charge in [0.05, 0.1) is 10.6 Å². The average Bonchev–Trinajstić information content (AvgIpc) is 2.75. The van der Waals surface area contributed by atoms with Gasteiger partial charge < -0.3 is 5.32 Å². The van der Waals surface area contributed by atoms with Crippen molar-refractivity contribution >= 4 is 37.3 Å². The first-order chi connectivity index (χ1) is 15.3. The molecular weight excluding hydrogens is 462 g/mol. The zero-order valence-electron chi connectivity index (χ0n) is 19.8. The summed E-state index contributed by atoms with van der Waals surface area (Å²) < 4.78 is 52.8. The largest absolute Gasteiger partial charge is 0.326 e. The highest BCUT2D eigenvalue weighted by molar-refractivity contribution is 7.92. The van der Waals surface area contributed by atoms with Crippen molar-refractivity contribution in [2.45, 2.75) is 44.9 Å². The van der Waals surface area contributed by atoms with Crippen LogP contribution >= 0.6 is 0 Å². The Balaban J connectivity index is 1.99. The molecule has 0 aliphatic rings. The Labute approximate surface area is 197 Å². The Morgan fingerprint density at radius 2 is 1.45 bits per heavy atom. The van der Waals surface area contributed by atoms with Gasteiger partial charge in [0, 0.05) is 30.9 Å². The molecule has 0 aliphatic carbocycles. The number of hydrogen-bond acceptors (Lipinski definition) is 5. The van der Waals surface area contributed by atoms with E-state index in [9.17, 15) is 21.6 Å². The topological polar surface area (TPSA) is 113 Å². The van der Waals surface area contributed by atoms with E-state index < -0.39 is 25.5 Å². The maximum Gasteiger partial charge on any atom is 0.261 e. The predicted octanol–water partition coefficient (Wildman–Crippen LogP) is 3.69. The van der Waals surface area contributed by atoms with Crippen LogP contribution in [-0.2, 0) is 31.3 Å². The normalized spacial score (nSPS) is 12.5. The summed E-state index contributed by atoms with van der Waals surface area (Å²) in [6.07, 6.45) is 1.68. The molecule has 0 fully saturated rings. The van der Waals surface area contributed by atoms with Gasteiger partial charge in [0.25, 0.3) is 10.0 Å². The van der Waals surface area contributed by atoms with E-state index in [0.29, 0.717) is 30.6 Å². The summed E-state index contributed by atoms with van der Waals surface area (Å²) in [5.41, 5.74) is 1.33. The van der Waals surface area contributed by atoms with Crippen LogP contribution in [0.5, 0.6) is 0 Å². The zero-order valence-corrected chi connectivity index (χ0v) is 21.4. The Kier molecular flexibility index (Phi) is 8.67. The van der Waals surface area contributed by atoms with Gasteiger partial charge in [-0.15, -0.1) is 0 Å². The third-order valence-electron chi connectivity index (χ3n) is 5.55. The summed E-state index contributed by atoms with van der Waals surface area (Å²) in [4.78, 5) is 12.4. The number of rotatable bonds is 11. The maximum atomic E-state index is 12.7. The van der Waals surface area contributed by atoms with Gasteiger partial charge in [0.2, 0.25) is 15.9 Å². The van der Waals surface area contributed by atoms with E-state index in [2.05, 4.69) is 10.0 Å². The van der Waals surface area contributed by atoms with Crippen molar-refractivity contribution in [1.29, 1.82) is 0 Å². The van der Waals surface area contributed by atoms with Crippen LogP contribution in [0.15, 0.2) is 53.4 Å². The zero-order chi connectivity index (χ0) is 24.9. The second kappa shape index (κ2) is 10.7. The number of sulfonamides is 2. The fourth-order valence-corrected chi connectivity index (χ4v) is 4.71. The van der Waals surface area contributed by atoms with Crippen LogP contribution < -0.4 is 10.0 Å². The number of nitrogens with zero attached hydrogens (tertiary/aromatic N) is 1. The van der Waals surface area contributed by atoms with Gasteiger partial charge in [-0.2, -0.15) is 0 Å². The first-order valence-corrected chi connectivity index (χ1v) is 13.8. The minimum atomic E-state index is -3.79. The maximum absolute atomic E-state index is 12.7. The second-order valence-corrected chi connectivity index (χ2v) is 12.7. The predicted molar refractivity (Wildman–Crippen MR) is 132 cm³/mol. The lowest BCUT2D eigenvalue weighted by molar-refractivity contribution is -0.124. The summed E-state index contributed by atoms with van der Waals surface area (Å²) in [5, 5.41) is 2.84. The summed E-state index contributed by atoms with van der Waals surface area (Å²) in [5.74, 6) is -0.0636. The second-order valence-electron chi connectivity index (χ2n) is 8.72. The third kappa shape index (κ3) is 7.55. The molecule has 2 N–H and O–H groups in total. The summed E-state index contributed by atoms with van der Waals surface area (Å²) in [7, 11) is -4.04. The SMILES string of the molecule is CCC(C)(C)C(=O)Nc1ccc(NS(=O)(=O)c2ccc(CCCS(=O)(=O)N(C)C)cc2)cc1. The van der Waals surface area contributed by atoms with E-state index in [1.165, 1.54) is 30.5 Å². The minimum Gasteiger partial charge on any atom is -0.326 e. The molecule has 0 heterocycles. The first kappa shape index (κ1) is 26.8. The van der Waals surface area contributed by atoms with E-state index in [1.54, 1.807) is 36.4 Å². The summed E-state index contributed by atoms with van der Waals surface area (Å²) in [6.45, 7) is 5.67. The number of benzene rings is 2. The molecule has 0 saturated carbocycles. The van der Waals surface area contributed by atoms with Crippen LogP contribution in [0.4, 0.5) is 11.4 Å². The van der Waals surface area contributed by atoms with Crippen molar-refractivity contribution in [3.8, 4) is 0 Å². The van der Waals surface area contributed by atoms with E-state index in [-0.39, 0.29) is 16.6 Å². The van der Waals surface area contributed by atoms with Gasteiger partial charge >= 0.3 is 0 Å². The average molecular weight is 496 g/mol. The number of nitrogens with one attached hydrogen (secondary N) is 2. The van der Waals surface area contributed by atoms with Crippen molar-refractivity contribution in [3.05, 3.63) is 54.1 Å². The van der Waals surface area contributed by atoms with Crippen molar-refractivity contribution in [1.82, 2.24) is 4.31 Å². The van der Waals surface area contributed by atoms with E-state index in [4.69, 9.17) is 0 Å². The Morgan fingerprint density at radius 1 is 0.909 bits per heavy atom. The molecule has 10 heteroatoms. The Hall–Kier alpha value is -2.43. The molecule has 8 nitrogen and oxygen atoms in total. The molecule has 0 saturated heterocycles. The molecule has 0 bridgehead atoms. The van der Waals surface area contributed by atoms with Gasteiger partial charge in [-0.3, -0.25) is 9.52 Å². The van der Waals surface area contributed by atoms with Crippen LogP contribution in [0.3, 0.4) is 0 Å². The van der Waals surface area contributed by atoms with E-state index in [0.717, 1.165) is 5.56 Å². The lowest BCUT2D eigenvalue weighted by atomic mass is 9.89. The molecular formula is C23H33N3O5S2. The lowest BCUT2D eigenvalue weighted by Gasteiger charge is -2.21. The minimum absolute atomic E-state index is 0.0357. The number of aryl methyl sites for hydroxylation is 1. The molecule has 2 aromatic carbocycles. The highest BCUT2D eigenvalue weighted by Crippen LogP contribution is 2.24. The quantitative estimate of drug-likeness (QED) is 0.494. The van der Waals surface area contributed by atoms with Gasteiger partial charge in [-0.25, -0.2) is 21.1 Å². The van der Waals surface area contributed by atoms with Crippen LogP contribution in [-0.4, -0.2) is 46.9 Å². The van der Waals surface area contributed by atoms with Crippen molar-refractivity contribution in [2.24, 2.45) is 5.41 Å². The Morgan fingerprint density at radius 3 is 1.97 bits per heavy atom. The molecule has 0 aliphatic heterocycles. The number of carbonyl (C=O) groups excluding carboxylic acids is 1. The smallest absolute Gasteiger partial charge is 0.261 e.